The Hall–Kier alpha value is -1.16. The largest absolute Gasteiger partial charge is 0.394 e. The highest BCUT2D eigenvalue weighted by atomic mass is 16.3. The van der Waals surface area contributed by atoms with Gasteiger partial charge in [-0.1, -0.05) is 13.8 Å². The molecule has 0 spiro atoms. The number of rotatable bonds is 4. The van der Waals surface area contributed by atoms with E-state index in [0.717, 1.165) is 11.6 Å². The molecule has 0 aliphatic carbocycles. The van der Waals surface area contributed by atoms with Crippen LogP contribution in [0.15, 0.2) is 12.3 Å². The van der Waals surface area contributed by atoms with Crippen LogP contribution in [0.2, 0.25) is 0 Å². The van der Waals surface area contributed by atoms with Crippen LogP contribution in [0.4, 0.5) is 5.82 Å². The van der Waals surface area contributed by atoms with Crippen molar-refractivity contribution < 1.29 is 5.11 Å². The van der Waals surface area contributed by atoms with Crippen molar-refractivity contribution in [1.82, 2.24) is 9.97 Å². The maximum Gasteiger partial charge on any atom is 0.129 e. The number of aromatic nitrogens is 2. The van der Waals surface area contributed by atoms with Crippen molar-refractivity contribution in [3.05, 3.63) is 18.1 Å². The zero-order valence-electron chi connectivity index (χ0n) is 8.86. The van der Waals surface area contributed by atoms with E-state index in [1.807, 2.05) is 6.92 Å². The predicted molar refractivity (Wildman–Crippen MR) is 56.1 cm³/mol. The van der Waals surface area contributed by atoms with Crippen LogP contribution in [-0.2, 0) is 0 Å². The minimum absolute atomic E-state index is 0.0456. The van der Waals surface area contributed by atoms with E-state index in [4.69, 9.17) is 5.11 Å². The van der Waals surface area contributed by atoms with Gasteiger partial charge in [0.2, 0.25) is 0 Å². The number of aryl methyl sites for hydroxylation is 1. The molecule has 4 heteroatoms. The van der Waals surface area contributed by atoms with Gasteiger partial charge in [0.1, 0.15) is 11.6 Å². The van der Waals surface area contributed by atoms with Crippen LogP contribution in [0.3, 0.4) is 0 Å². The molecule has 1 atom stereocenters. The zero-order valence-corrected chi connectivity index (χ0v) is 8.86. The summed E-state index contributed by atoms with van der Waals surface area (Å²) in [5, 5.41) is 12.3. The van der Waals surface area contributed by atoms with Crippen LogP contribution in [0.1, 0.15) is 19.7 Å². The third-order valence-corrected chi connectivity index (χ3v) is 2.11. The standard InChI is InChI=1S/C10H17N3O/c1-7(2)9(6-14)13-10-4-5-11-8(3)12-10/h4-5,7,9,14H,6H2,1-3H3,(H,11,12,13). The summed E-state index contributed by atoms with van der Waals surface area (Å²) in [7, 11) is 0. The molecular weight excluding hydrogens is 178 g/mol. The zero-order chi connectivity index (χ0) is 10.6. The highest BCUT2D eigenvalue weighted by molar-refractivity contribution is 5.34. The fourth-order valence-corrected chi connectivity index (χ4v) is 1.15. The van der Waals surface area contributed by atoms with Crippen LogP contribution in [0.5, 0.6) is 0 Å². The summed E-state index contributed by atoms with van der Waals surface area (Å²) in [5.74, 6) is 1.87. The van der Waals surface area contributed by atoms with Crippen molar-refractivity contribution in [2.45, 2.75) is 26.8 Å². The first-order valence-electron chi connectivity index (χ1n) is 4.80. The maximum atomic E-state index is 9.12. The number of nitrogens with one attached hydrogen (secondary N) is 1. The lowest BCUT2D eigenvalue weighted by molar-refractivity contribution is 0.249. The first kappa shape index (κ1) is 10.9. The van der Waals surface area contributed by atoms with E-state index in [1.54, 1.807) is 12.3 Å². The minimum Gasteiger partial charge on any atom is -0.394 e. The van der Waals surface area contributed by atoms with Crippen LogP contribution >= 0.6 is 0 Å². The quantitative estimate of drug-likeness (QED) is 0.758. The number of aliphatic hydroxyl groups excluding tert-OH is 1. The molecule has 0 fully saturated rings. The third kappa shape index (κ3) is 2.96. The SMILES string of the molecule is Cc1nccc(NC(CO)C(C)C)n1. The van der Waals surface area contributed by atoms with Crippen molar-refractivity contribution >= 4 is 5.82 Å². The second-order valence-corrected chi connectivity index (χ2v) is 3.67. The van der Waals surface area contributed by atoms with Gasteiger partial charge in [0.25, 0.3) is 0 Å². The van der Waals surface area contributed by atoms with Gasteiger partial charge in [-0.3, -0.25) is 0 Å². The lowest BCUT2D eigenvalue weighted by atomic mass is 10.1. The van der Waals surface area contributed by atoms with Crippen molar-refractivity contribution in [1.29, 1.82) is 0 Å². The molecule has 0 amide bonds. The maximum absolute atomic E-state index is 9.12. The van der Waals surface area contributed by atoms with E-state index in [2.05, 4.69) is 29.1 Å². The van der Waals surface area contributed by atoms with Crippen LogP contribution in [0, 0.1) is 12.8 Å². The molecule has 0 radical (unpaired) electrons. The number of nitrogens with zero attached hydrogens (tertiary/aromatic N) is 2. The van der Waals surface area contributed by atoms with Crippen molar-refractivity contribution in [3.63, 3.8) is 0 Å². The smallest absolute Gasteiger partial charge is 0.129 e. The van der Waals surface area contributed by atoms with E-state index < -0.39 is 0 Å². The first-order chi connectivity index (χ1) is 6.63. The van der Waals surface area contributed by atoms with E-state index in [-0.39, 0.29) is 12.6 Å². The van der Waals surface area contributed by atoms with Crippen LogP contribution < -0.4 is 5.32 Å². The lowest BCUT2D eigenvalue weighted by Gasteiger charge is -2.20. The molecule has 1 heterocycles. The lowest BCUT2D eigenvalue weighted by Crippen LogP contribution is -2.29. The van der Waals surface area contributed by atoms with Gasteiger partial charge in [-0.2, -0.15) is 0 Å². The number of hydrogen-bond acceptors (Lipinski definition) is 4. The van der Waals surface area contributed by atoms with Gasteiger partial charge in [-0.25, -0.2) is 9.97 Å². The van der Waals surface area contributed by atoms with Gasteiger partial charge in [-0.05, 0) is 18.9 Å². The molecule has 1 rings (SSSR count). The molecular formula is C10H17N3O. The molecule has 0 saturated carbocycles. The van der Waals surface area contributed by atoms with Crippen molar-refractivity contribution in [2.24, 2.45) is 5.92 Å². The molecule has 78 valence electrons. The molecule has 0 aliphatic heterocycles. The van der Waals surface area contributed by atoms with Gasteiger partial charge in [-0.15, -0.1) is 0 Å². The highest BCUT2D eigenvalue weighted by Gasteiger charge is 2.11. The Morgan fingerprint density at radius 1 is 1.50 bits per heavy atom. The topological polar surface area (TPSA) is 58.0 Å². The Morgan fingerprint density at radius 3 is 2.71 bits per heavy atom. The molecule has 0 aromatic carbocycles. The molecule has 1 aromatic heterocycles. The Labute approximate surface area is 84.4 Å². The molecule has 0 saturated heterocycles. The molecule has 0 aliphatic rings. The van der Waals surface area contributed by atoms with E-state index in [9.17, 15) is 0 Å². The predicted octanol–water partition coefficient (Wildman–Crippen LogP) is 1.21. The first-order valence-corrected chi connectivity index (χ1v) is 4.80. The number of hydrogen-bond donors (Lipinski definition) is 2. The Morgan fingerprint density at radius 2 is 2.21 bits per heavy atom. The van der Waals surface area contributed by atoms with Gasteiger partial charge >= 0.3 is 0 Å². The summed E-state index contributed by atoms with van der Waals surface area (Å²) in [6.07, 6.45) is 1.71. The van der Waals surface area contributed by atoms with Gasteiger partial charge in [0.05, 0.1) is 12.6 Å². The van der Waals surface area contributed by atoms with E-state index in [1.165, 1.54) is 0 Å². The van der Waals surface area contributed by atoms with E-state index in [0.29, 0.717) is 5.92 Å². The monoisotopic (exact) mass is 195 g/mol. The Bertz CT molecular complexity index is 288. The summed E-state index contributed by atoms with van der Waals surface area (Å²) in [5.41, 5.74) is 0. The summed E-state index contributed by atoms with van der Waals surface area (Å²) in [4.78, 5) is 8.21. The fourth-order valence-electron chi connectivity index (χ4n) is 1.15. The van der Waals surface area contributed by atoms with Gasteiger partial charge in [0.15, 0.2) is 0 Å². The average molecular weight is 195 g/mol. The number of anilines is 1. The molecule has 2 N–H and O–H groups in total. The second-order valence-electron chi connectivity index (χ2n) is 3.67. The molecule has 4 nitrogen and oxygen atoms in total. The second kappa shape index (κ2) is 4.91. The summed E-state index contributed by atoms with van der Waals surface area (Å²) >= 11 is 0. The van der Waals surface area contributed by atoms with Crippen LogP contribution in [-0.4, -0.2) is 27.7 Å². The fraction of sp³-hybridized carbons (Fsp3) is 0.600. The molecule has 1 aromatic rings. The summed E-state index contributed by atoms with van der Waals surface area (Å²) < 4.78 is 0. The Kier molecular flexibility index (Phi) is 3.83. The molecule has 14 heavy (non-hydrogen) atoms. The van der Waals surface area contributed by atoms with Gasteiger partial charge in [0, 0.05) is 6.20 Å². The van der Waals surface area contributed by atoms with Crippen molar-refractivity contribution in [3.8, 4) is 0 Å². The molecule has 1 unspecified atom stereocenters. The summed E-state index contributed by atoms with van der Waals surface area (Å²) in [6, 6.07) is 1.85. The normalized spacial score (nSPS) is 12.9. The Balaban J connectivity index is 2.67. The third-order valence-electron chi connectivity index (χ3n) is 2.11. The highest BCUT2D eigenvalue weighted by Crippen LogP contribution is 2.09. The van der Waals surface area contributed by atoms with E-state index >= 15 is 0 Å². The van der Waals surface area contributed by atoms with Crippen molar-refractivity contribution in [2.75, 3.05) is 11.9 Å². The summed E-state index contributed by atoms with van der Waals surface area (Å²) in [6.45, 7) is 6.07. The van der Waals surface area contributed by atoms with Gasteiger partial charge < -0.3 is 10.4 Å². The average Bonchev–Trinajstić information content (AvgIpc) is 2.14. The minimum atomic E-state index is 0.0456. The van der Waals surface area contributed by atoms with Crippen LogP contribution in [0.25, 0.3) is 0 Å². The molecule has 0 bridgehead atoms. The number of aliphatic hydroxyl groups is 1.